The van der Waals surface area contributed by atoms with Crippen molar-refractivity contribution in [1.82, 2.24) is 10.6 Å². The molecule has 0 spiro atoms. The van der Waals surface area contributed by atoms with Gasteiger partial charge in [-0.25, -0.2) is 13.8 Å². The van der Waals surface area contributed by atoms with E-state index in [2.05, 4.69) is 15.6 Å². The van der Waals surface area contributed by atoms with E-state index in [4.69, 9.17) is 0 Å². The number of halogens is 2. The van der Waals surface area contributed by atoms with Crippen molar-refractivity contribution in [2.45, 2.75) is 20.0 Å². The molecule has 0 unspecified atom stereocenters. The van der Waals surface area contributed by atoms with Gasteiger partial charge < -0.3 is 10.6 Å². The van der Waals surface area contributed by atoms with Crippen LogP contribution in [0.5, 0.6) is 0 Å². The van der Waals surface area contributed by atoms with Crippen LogP contribution < -0.4 is 10.6 Å². The molecular weight excluding hydrogens is 284 g/mol. The largest absolute Gasteiger partial charge is 0.357 e. The Bertz CT molecular complexity index is 624. The van der Waals surface area contributed by atoms with Crippen LogP contribution in [0.3, 0.4) is 0 Å². The van der Waals surface area contributed by atoms with Crippen molar-refractivity contribution in [3.8, 4) is 0 Å². The van der Waals surface area contributed by atoms with Gasteiger partial charge in [0.15, 0.2) is 5.96 Å². The summed E-state index contributed by atoms with van der Waals surface area (Å²) in [5.41, 5.74) is 1.76. The van der Waals surface area contributed by atoms with E-state index in [0.717, 1.165) is 17.7 Å². The van der Waals surface area contributed by atoms with Crippen molar-refractivity contribution >= 4 is 5.96 Å². The quantitative estimate of drug-likeness (QED) is 0.657. The SMILES string of the molecule is CCNC(=NCc1cccc(F)c1)NCc1ccc(F)cc1. The smallest absolute Gasteiger partial charge is 0.191 e. The summed E-state index contributed by atoms with van der Waals surface area (Å²) in [6, 6.07) is 12.7. The molecule has 3 nitrogen and oxygen atoms in total. The minimum Gasteiger partial charge on any atom is -0.357 e. The number of guanidine groups is 1. The lowest BCUT2D eigenvalue weighted by Gasteiger charge is -2.11. The van der Waals surface area contributed by atoms with Gasteiger partial charge in [0, 0.05) is 13.1 Å². The van der Waals surface area contributed by atoms with Gasteiger partial charge in [-0.15, -0.1) is 0 Å². The average Bonchev–Trinajstić information content (AvgIpc) is 2.52. The van der Waals surface area contributed by atoms with Gasteiger partial charge in [-0.3, -0.25) is 0 Å². The molecule has 0 bridgehead atoms. The van der Waals surface area contributed by atoms with Gasteiger partial charge in [0.05, 0.1) is 6.54 Å². The van der Waals surface area contributed by atoms with E-state index in [9.17, 15) is 8.78 Å². The Morgan fingerprint density at radius 2 is 1.73 bits per heavy atom. The molecule has 0 saturated carbocycles. The van der Waals surface area contributed by atoms with E-state index in [1.54, 1.807) is 18.2 Å². The average molecular weight is 303 g/mol. The number of aliphatic imine (C=N–C) groups is 1. The van der Waals surface area contributed by atoms with Crippen molar-refractivity contribution in [3.05, 3.63) is 71.3 Å². The molecule has 2 aromatic carbocycles. The first kappa shape index (κ1) is 15.9. The second-order valence-electron chi connectivity index (χ2n) is 4.81. The number of hydrogen-bond acceptors (Lipinski definition) is 1. The van der Waals surface area contributed by atoms with Gasteiger partial charge in [-0.1, -0.05) is 24.3 Å². The molecule has 0 aliphatic carbocycles. The molecule has 0 fully saturated rings. The number of hydrogen-bond donors (Lipinski definition) is 2. The predicted molar refractivity (Wildman–Crippen MR) is 84.5 cm³/mol. The van der Waals surface area contributed by atoms with Gasteiger partial charge >= 0.3 is 0 Å². The first-order valence-corrected chi connectivity index (χ1v) is 7.18. The lowest BCUT2D eigenvalue weighted by atomic mass is 10.2. The third-order valence-corrected chi connectivity index (χ3v) is 3.03. The third kappa shape index (κ3) is 5.16. The number of nitrogens with zero attached hydrogens (tertiary/aromatic N) is 1. The highest BCUT2D eigenvalue weighted by Gasteiger charge is 2.00. The Balaban J connectivity index is 1.96. The highest BCUT2D eigenvalue weighted by molar-refractivity contribution is 5.79. The highest BCUT2D eigenvalue weighted by atomic mass is 19.1. The Labute approximate surface area is 129 Å². The molecule has 0 atom stereocenters. The van der Waals surface area contributed by atoms with Gasteiger partial charge in [-0.05, 0) is 42.3 Å². The maximum atomic E-state index is 13.1. The zero-order valence-electron chi connectivity index (χ0n) is 12.4. The van der Waals surface area contributed by atoms with Crippen LogP contribution in [0.25, 0.3) is 0 Å². The lowest BCUT2D eigenvalue weighted by Crippen LogP contribution is -2.36. The molecule has 0 aromatic heterocycles. The molecule has 2 rings (SSSR count). The summed E-state index contributed by atoms with van der Waals surface area (Å²) in [5, 5.41) is 6.28. The monoisotopic (exact) mass is 303 g/mol. The topological polar surface area (TPSA) is 36.4 Å². The standard InChI is InChI=1S/C17H19F2N3/c1-2-20-17(21-11-13-6-8-15(18)9-7-13)22-12-14-4-3-5-16(19)10-14/h3-10H,2,11-12H2,1H3,(H2,20,21,22). The summed E-state index contributed by atoms with van der Waals surface area (Å²) in [4.78, 5) is 4.41. The summed E-state index contributed by atoms with van der Waals surface area (Å²) in [5.74, 6) is 0.114. The highest BCUT2D eigenvalue weighted by Crippen LogP contribution is 2.05. The molecule has 2 aromatic rings. The van der Waals surface area contributed by atoms with Crippen molar-refractivity contribution in [3.63, 3.8) is 0 Å². The van der Waals surface area contributed by atoms with Crippen LogP contribution in [0.2, 0.25) is 0 Å². The summed E-state index contributed by atoms with van der Waals surface area (Å²) < 4.78 is 26.0. The van der Waals surface area contributed by atoms with Crippen LogP contribution in [0.4, 0.5) is 8.78 Å². The Morgan fingerprint density at radius 3 is 2.41 bits per heavy atom. The van der Waals surface area contributed by atoms with E-state index >= 15 is 0 Å². The normalized spacial score (nSPS) is 11.3. The number of rotatable bonds is 5. The Kier molecular flexibility index (Phi) is 5.89. The van der Waals surface area contributed by atoms with E-state index < -0.39 is 0 Å². The maximum Gasteiger partial charge on any atom is 0.191 e. The fourth-order valence-corrected chi connectivity index (χ4v) is 1.94. The minimum absolute atomic E-state index is 0.254. The summed E-state index contributed by atoms with van der Waals surface area (Å²) in [6.07, 6.45) is 0. The fourth-order valence-electron chi connectivity index (χ4n) is 1.94. The van der Waals surface area contributed by atoms with Gasteiger partial charge in [0.25, 0.3) is 0 Å². The van der Waals surface area contributed by atoms with Crippen molar-refractivity contribution in [2.75, 3.05) is 6.54 Å². The van der Waals surface area contributed by atoms with Crippen LogP contribution in [-0.2, 0) is 13.1 Å². The zero-order valence-corrected chi connectivity index (χ0v) is 12.4. The molecule has 0 radical (unpaired) electrons. The van der Waals surface area contributed by atoms with Gasteiger partial charge in [-0.2, -0.15) is 0 Å². The van der Waals surface area contributed by atoms with E-state index in [0.29, 0.717) is 19.0 Å². The van der Waals surface area contributed by atoms with E-state index in [-0.39, 0.29) is 11.6 Å². The van der Waals surface area contributed by atoms with Crippen molar-refractivity contribution < 1.29 is 8.78 Å². The second-order valence-corrected chi connectivity index (χ2v) is 4.81. The summed E-state index contributed by atoms with van der Waals surface area (Å²) in [6.45, 7) is 3.61. The van der Waals surface area contributed by atoms with E-state index in [1.165, 1.54) is 24.3 Å². The van der Waals surface area contributed by atoms with E-state index in [1.807, 2.05) is 13.0 Å². The molecule has 0 saturated heterocycles. The molecule has 0 aliphatic rings. The molecule has 0 amide bonds. The van der Waals surface area contributed by atoms with Crippen LogP contribution in [0.1, 0.15) is 18.1 Å². The lowest BCUT2D eigenvalue weighted by molar-refractivity contribution is 0.625. The minimum atomic E-state index is -0.267. The molecular formula is C17H19F2N3. The molecule has 0 heterocycles. The molecule has 5 heteroatoms. The number of nitrogens with one attached hydrogen (secondary N) is 2. The number of benzene rings is 2. The first-order chi connectivity index (χ1) is 10.7. The Hall–Kier alpha value is -2.43. The van der Waals surface area contributed by atoms with Crippen LogP contribution in [-0.4, -0.2) is 12.5 Å². The zero-order chi connectivity index (χ0) is 15.8. The molecule has 22 heavy (non-hydrogen) atoms. The molecule has 0 aliphatic heterocycles. The third-order valence-electron chi connectivity index (χ3n) is 3.03. The maximum absolute atomic E-state index is 13.1. The Morgan fingerprint density at radius 1 is 0.955 bits per heavy atom. The van der Waals surface area contributed by atoms with Crippen LogP contribution in [0.15, 0.2) is 53.5 Å². The first-order valence-electron chi connectivity index (χ1n) is 7.18. The molecule has 2 N–H and O–H groups in total. The van der Waals surface area contributed by atoms with Crippen LogP contribution in [0, 0.1) is 11.6 Å². The molecule has 116 valence electrons. The summed E-state index contributed by atoms with van der Waals surface area (Å²) >= 11 is 0. The van der Waals surface area contributed by atoms with Crippen molar-refractivity contribution in [1.29, 1.82) is 0 Å². The van der Waals surface area contributed by atoms with Crippen LogP contribution >= 0.6 is 0 Å². The predicted octanol–water partition coefficient (Wildman–Crippen LogP) is 3.22. The van der Waals surface area contributed by atoms with Crippen molar-refractivity contribution in [2.24, 2.45) is 4.99 Å². The fraction of sp³-hybridized carbons (Fsp3) is 0.235. The summed E-state index contributed by atoms with van der Waals surface area (Å²) in [7, 11) is 0. The van der Waals surface area contributed by atoms with Gasteiger partial charge in [0.2, 0.25) is 0 Å². The second kappa shape index (κ2) is 8.12. The van der Waals surface area contributed by atoms with Gasteiger partial charge in [0.1, 0.15) is 11.6 Å².